The molecule has 3 rings (SSSR count). The minimum Gasteiger partial charge on any atom is -0.457 e. The van der Waals surface area contributed by atoms with Crippen molar-refractivity contribution < 1.29 is 4.74 Å². The van der Waals surface area contributed by atoms with E-state index in [1.165, 1.54) is 0 Å². The highest BCUT2D eigenvalue weighted by atomic mass is 16.5. The summed E-state index contributed by atoms with van der Waals surface area (Å²) in [4.78, 5) is 8.86. The monoisotopic (exact) mass is 349 g/mol. The second-order valence-corrected chi connectivity index (χ2v) is 5.86. The molecule has 0 spiro atoms. The molecule has 0 aliphatic heterocycles. The summed E-state index contributed by atoms with van der Waals surface area (Å²) in [5, 5.41) is 6.50. The number of nitrogens with zero attached hydrogens (tertiary/aromatic N) is 2. The highest BCUT2D eigenvalue weighted by Crippen LogP contribution is 2.24. The summed E-state index contributed by atoms with van der Waals surface area (Å²) in [6.07, 6.45) is 2.70. The second-order valence-electron chi connectivity index (χ2n) is 5.86. The summed E-state index contributed by atoms with van der Waals surface area (Å²) in [6, 6.07) is 17.4. The molecule has 0 unspecified atom stereocenters. The molecule has 1 heterocycles. The number of nitrogens with two attached hydrogens (primary N) is 1. The van der Waals surface area contributed by atoms with Gasteiger partial charge >= 0.3 is 0 Å². The normalized spacial score (nSPS) is 10.4. The third-order valence-electron chi connectivity index (χ3n) is 3.73. The molecular weight excluding hydrogens is 326 g/mol. The van der Waals surface area contributed by atoms with Crippen molar-refractivity contribution >= 4 is 17.5 Å². The SMILES string of the molecule is Cc1cnc(Nc2ccc(Oc3ccccc3)cc2)nc1NCCCN. The van der Waals surface area contributed by atoms with Crippen molar-refractivity contribution in [2.75, 3.05) is 23.7 Å². The van der Waals surface area contributed by atoms with Crippen LogP contribution in [0.4, 0.5) is 17.5 Å². The Hall–Kier alpha value is -3.12. The molecule has 26 heavy (non-hydrogen) atoms. The predicted octanol–water partition coefficient (Wildman–Crippen LogP) is 4.08. The molecule has 3 aromatic rings. The molecule has 0 saturated heterocycles. The first-order valence-corrected chi connectivity index (χ1v) is 8.62. The van der Waals surface area contributed by atoms with Crippen LogP contribution < -0.4 is 21.1 Å². The molecular formula is C20H23N5O. The minimum absolute atomic E-state index is 0.544. The number of aryl methyl sites for hydroxylation is 1. The average Bonchev–Trinajstić information content (AvgIpc) is 2.67. The van der Waals surface area contributed by atoms with Gasteiger partial charge in [-0.1, -0.05) is 18.2 Å². The Kier molecular flexibility index (Phi) is 6.01. The molecule has 0 fully saturated rings. The summed E-state index contributed by atoms with van der Waals surface area (Å²) in [5.74, 6) is 2.95. The maximum atomic E-state index is 5.79. The predicted molar refractivity (Wildman–Crippen MR) is 105 cm³/mol. The lowest BCUT2D eigenvalue weighted by atomic mass is 10.3. The Labute approximate surface area is 153 Å². The number of ether oxygens (including phenoxy) is 1. The van der Waals surface area contributed by atoms with Crippen molar-refractivity contribution in [2.45, 2.75) is 13.3 Å². The van der Waals surface area contributed by atoms with Gasteiger partial charge < -0.3 is 21.1 Å². The highest BCUT2D eigenvalue weighted by Gasteiger charge is 2.04. The van der Waals surface area contributed by atoms with E-state index in [9.17, 15) is 0 Å². The van der Waals surface area contributed by atoms with Gasteiger partial charge in [0, 0.05) is 24.0 Å². The van der Waals surface area contributed by atoms with Gasteiger partial charge in [-0.05, 0) is 56.3 Å². The summed E-state index contributed by atoms with van der Waals surface area (Å²) in [6.45, 7) is 3.42. The number of rotatable bonds is 8. The molecule has 0 bridgehead atoms. The van der Waals surface area contributed by atoms with Crippen LogP contribution in [-0.4, -0.2) is 23.1 Å². The van der Waals surface area contributed by atoms with Gasteiger partial charge in [-0.15, -0.1) is 0 Å². The van der Waals surface area contributed by atoms with E-state index < -0.39 is 0 Å². The lowest BCUT2D eigenvalue weighted by Crippen LogP contribution is -2.11. The van der Waals surface area contributed by atoms with Gasteiger partial charge in [0.05, 0.1) is 0 Å². The average molecular weight is 349 g/mol. The van der Waals surface area contributed by atoms with Gasteiger partial charge in [0.2, 0.25) is 5.95 Å². The Bertz CT molecular complexity index is 821. The molecule has 0 atom stereocenters. The fourth-order valence-corrected chi connectivity index (χ4v) is 2.35. The topological polar surface area (TPSA) is 85.1 Å². The maximum Gasteiger partial charge on any atom is 0.229 e. The zero-order valence-electron chi connectivity index (χ0n) is 14.8. The zero-order chi connectivity index (χ0) is 18.2. The van der Waals surface area contributed by atoms with Crippen LogP contribution in [0, 0.1) is 6.92 Å². The quantitative estimate of drug-likeness (QED) is 0.531. The van der Waals surface area contributed by atoms with Crippen LogP contribution in [-0.2, 0) is 0 Å². The highest BCUT2D eigenvalue weighted by molar-refractivity contribution is 5.57. The van der Waals surface area contributed by atoms with Crippen LogP contribution in [0.25, 0.3) is 0 Å². The van der Waals surface area contributed by atoms with Gasteiger partial charge in [-0.3, -0.25) is 0 Å². The Morgan fingerprint density at radius 2 is 1.73 bits per heavy atom. The lowest BCUT2D eigenvalue weighted by Gasteiger charge is -2.11. The fraction of sp³-hybridized carbons (Fsp3) is 0.200. The number of aromatic nitrogens is 2. The van der Waals surface area contributed by atoms with Crippen LogP contribution in [0.2, 0.25) is 0 Å². The maximum absolute atomic E-state index is 5.79. The van der Waals surface area contributed by atoms with Gasteiger partial charge in [0.1, 0.15) is 17.3 Å². The molecule has 6 heteroatoms. The van der Waals surface area contributed by atoms with E-state index in [4.69, 9.17) is 10.5 Å². The van der Waals surface area contributed by atoms with Crippen LogP contribution in [0.1, 0.15) is 12.0 Å². The number of benzene rings is 2. The molecule has 1 aromatic heterocycles. The molecule has 134 valence electrons. The number of nitrogens with one attached hydrogen (secondary N) is 2. The number of anilines is 3. The first kappa shape index (κ1) is 17.7. The Balaban J connectivity index is 1.64. The first-order chi connectivity index (χ1) is 12.7. The number of para-hydroxylation sites is 1. The summed E-state index contributed by atoms with van der Waals surface area (Å²) >= 11 is 0. The van der Waals surface area contributed by atoms with Crippen LogP contribution in [0.3, 0.4) is 0 Å². The van der Waals surface area contributed by atoms with Gasteiger partial charge in [0.15, 0.2) is 0 Å². The summed E-state index contributed by atoms with van der Waals surface area (Å²) in [5.41, 5.74) is 7.42. The van der Waals surface area contributed by atoms with Crippen molar-refractivity contribution in [3.63, 3.8) is 0 Å². The molecule has 0 saturated carbocycles. The zero-order valence-corrected chi connectivity index (χ0v) is 14.8. The first-order valence-electron chi connectivity index (χ1n) is 8.62. The number of hydrogen-bond acceptors (Lipinski definition) is 6. The standard InChI is InChI=1S/C20H23N5O/c1-15-14-23-20(25-19(15)22-13-5-12-21)24-16-8-10-18(11-9-16)26-17-6-3-2-4-7-17/h2-4,6-11,14H,5,12-13,21H2,1H3,(H2,22,23,24,25). The van der Waals surface area contributed by atoms with E-state index >= 15 is 0 Å². The van der Waals surface area contributed by atoms with Crippen LogP contribution in [0.5, 0.6) is 11.5 Å². The van der Waals surface area contributed by atoms with Crippen LogP contribution in [0.15, 0.2) is 60.8 Å². The Morgan fingerprint density at radius 1 is 1.00 bits per heavy atom. The second kappa shape index (κ2) is 8.82. The third-order valence-corrected chi connectivity index (χ3v) is 3.73. The summed E-state index contributed by atoms with van der Waals surface area (Å²) in [7, 11) is 0. The van der Waals surface area contributed by atoms with E-state index in [-0.39, 0.29) is 0 Å². The third kappa shape index (κ3) is 4.94. The van der Waals surface area contributed by atoms with E-state index in [1.54, 1.807) is 6.20 Å². The van der Waals surface area contributed by atoms with E-state index in [1.807, 2.05) is 61.5 Å². The lowest BCUT2D eigenvalue weighted by molar-refractivity contribution is 0.483. The van der Waals surface area contributed by atoms with Gasteiger partial charge in [-0.2, -0.15) is 4.98 Å². The van der Waals surface area contributed by atoms with Crippen molar-refractivity contribution in [2.24, 2.45) is 5.73 Å². The Morgan fingerprint density at radius 3 is 2.46 bits per heavy atom. The van der Waals surface area contributed by atoms with E-state index in [0.717, 1.165) is 41.5 Å². The molecule has 2 aromatic carbocycles. The van der Waals surface area contributed by atoms with Crippen molar-refractivity contribution in [1.29, 1.82) is 0 Å². The van der Waals surface area contributed by atoms with Gasteiger partial charge in [0.25, 0.3) is 0 Å². The molecule has 6 nitrogen and oxygen atoms in total. The molecule has 4 N–H and O–H groups in total. The molecule has 0 aliphatic rings. The van der Waals surface area contributed by atoms with Crippen molar-refractivity contribution in [1.82, 2.24) is 9.97 Å². The van der Waals surface area contributed by atoms with Crippen LogP contribution >= 0.6 is 0 Å². The smallest absolute Gasteiger partial charge is 0.229 e. The molecule has 0 amide bonds. The molecule has 0 radical (unpaired) electrons. The largest absolute Gasteiger partial charge is 0.457 e. The summed E-state index contributed by atoms with van der Waals surface area (Å²) < 4.78 is 5.79. The minimum atomic E-state index is 0.544. The van der Waals surface area contributed by atoms with Gasteiger partial charge in [-0.25, -0.2) is 4.98 Å². The fourth-order valence-electron chi connectivity index (χ4n) is 2.35. The van der Waals surface area contributed by atoms with Crippen molar-refractivity contribution in [3.8, 4) is 11.5 Å². The van der Waals surface area contributed by atoms with E-state index in [0.29, 0.717) is 12.5 Å². The molecule has 0 aliphatic carbocycles. The van der Waals surface area contributed by atoms with E-state index in [2.05, 4.69) is 20.6 Å². The number of hydrogen-bond donors (Lipinski definition) is 3. The van der Waals surface area contributed by atoms with Crippen molar-refractivity contribution in [3.05, 3.63) is 66.4 Å².